The molecule has 0 radical (unpaired) electrons. The van der Waals surface area contributed by atoms with Crippen molar-refractivity contribution < 1.29 is 9.90 Å². The summed E-state index contributed by atoms with van der Waals surface area (Å²) >= 11 is 6.09. The Hall–Kier alpha value is -1.59. The van der Waals surface area contributed by atoms with Crippen molar-refractivity contribution in [2.75, 3.05) is 6.54 Å². The zero-order valence-electron chi connectivity index (χ0n) is 10.4. The topological polar surface area (TPSA) is 67.2 Å². The Morgan fingerprint density at radius 2 is 2.37 bits per heavy atom. The van der Waals surface area contributed by atoms with Gasteiger partial charge in [0.15, 0.2) is 5.15 Å². The summed E-state index contributed by atoms with van der Waals surface area (Å²) in [5.74, 6) is -1.07. The molecule has 1 fully saturated rings. The SMILES string of the molecule is Cn1nc(Cl)c2cccc(C3CC(C(=O)O)CN3)c21. The highest BCUT2D eigenvalue weighted by atomic mass is 35.5. The van der Waals surface area contributed by atoms with E-state index in [9.17, 15) is 4.79 Å². The fourth-order valence-electron chi connectivity index (χ4n) is 2.77. The first-order valence-corrected chi connectivity index (χ1v) is 6.53. The highest BCUT2D eigenvalue weighted by Crippen LogP contribution is 2.34. The van der Waals surface area contributed by atoms with Crippen molar-refractivity contribution in [1.82, 2.24) is 15.1 Å². The third kappa shape index (κ3) is 1.99. The van der Waals surface area contributed by atoms with E-state index in [0.29, 0.717) is 18.1 Å². The van der Waals surface area contributed by atoms with Crippen molar-refractivity contribution >= 4 is 28.5 Å². The van der Waals surface area contributed by atoms with E-state index >= 15 is 0 Å². The molecular weight excluding hydrogens is 266 g/mol. The predicted octanol–water partition coefficient (Wildman–Crippen LogP) is 1.96. The molecule has 3 rings (SSSR count). The maximum Gasteiger partial charge on any atom is 0.307 e. The second kappa shape index (κ2) is 4.51. The summed E-state index contributed by atoms with van der Waals surface area (Å²) < 4.78 is 1.75. The number of hydrogen-bond donors (Lipinski definition) is 2. The van der Waals surface area contributed by atoms with Crippen LogP contribution in [-0.2, 0) is 11.8 Å². The van der Waals surface area contributed by atoms with E-state index in [4.69, 9.17) is 16.7 Å². The maximum atomic E-state index is 11.0. The lowest BCUT2D eigenvalue weighted by molar-refractivity contribution is -0.141. The first-order valence-electron chi connectivity index (χ1n) is 6.15. The molecule has 0 spiro atoms. The molecule has 2 N–H and O–H groups in total. The van der Waals surface area contributed by atoms with Gasteiger partial charge in [-0.2, -0.15) is 5.10 Å². The highest BCUT2D eigenvalue weighted by molar-refractivity contribution is 6.34. The average molecular weight is 280 g/mol. The van der Waals surface area contributed by atoms with Crippen molar-refractivity contribution in [2.24, 2.45) is 13.0 Å². The molecule has 6 heteroatoms. The lowest BCUT2D eigenvalue weighted by Crippen LogP contribution is -2.17. The molecule has 1 aromatic carbocycles. The molecule has 100 valence electrons. The number of carboxylic acids is 1. The van der Waals surface area contributed by atoms with Crippen molar-refractivity contribution in [3.63, 3.8) is 0 Å². The Balaban J connectivity index is 2.04. The number of halogens is 1. The molecule has 0 aliphatic carbocycles. The summed E-state index contributed by atoms with van der Waals surface area (Å²) in [6.07, 6.45) is 0.594. The van der Waals surface area contributed by atoms with Crippen LogP contribution < -0.4 is 5.32 Å². The number of aromatic nitrogens is 2. The smallest absolute Gasteiger partial charge is 0.307 e. The van der Waals surface area contributed by atoms with Crippen LogP contribution >= 0.6 is 11.6 Å². The van der Waals surface area contributed by atoms with Crippen LogP contribution in [0.15, 0.2) is 18.2 Å². The molecule has 0 saturated carbocycles. The van der Waals surface area contributed by atoms with Gasteiger partial charge < -0.3 is 10.4 Å². The van der Waals surface area contributed by atoms with Gasteiger partial charge in [0.1, 0.15) is 0 Å². The lowest BCUT2D eigenvalue weighted by atomic mass is 9.98. The van der Waals surface area contributed by atoms with Gasteiger partial charge in [-0.1, -0.05) is 23.7 Å². The van der Waals surface area contributed by atoms with Gasteiger partial charge in [-0.25, -0.2) is 0 Å². The van der Waals surface area contributed by atoms with Crippen LogP contribution in [0.1, 0.15) is 18.0 Å². The lowest BCUT2D eigenvalue weighted by Gasteiger charge is -2.12. The van der Waals surface area contributed by atoms with Gasteiger partial charge >= 0.3 is 5.97 Å². The van der Waals surface area contributed by atoms with Gasteiger partial charge in [-0.3, -0.25) is 9.48 Å². The Bertz CT molecular complexity index is 653. The molecule has 5 nitrogen and oxygen atoms in total. The molecular formula is C13H14ClN3O2. The molecule has 1 saturated heterocycles. The quantitative estimate of drug-likeness (QED) is 0.882. The third-order valence-electron chi connectivity index (χ3n) is 3.71. The van der Waals surface area contributed by atoms with Crippen molar-refractivity contribution in [3.05, 3.63) is 28.9 Å². The Kier molecular flexibility index (Phi) is 2.95. The van der Waals surface area contributed by atoms with Gasteiger partial charge in [0.2, 0.25) is 0 Å². The predicted molar refractivity (Wildman–Crippen MR) is 72.2 cm³/mol. The second-order valence-electron chi connectivity index (χ2n) is 4.89. The zero-order valence-corrected chi connectivity index (χ0v) is 11.2. The van der Waals surface area contributed by atoms with Gasteiger partial charge in [0, 0.05) is 25.0 Å². The number of nitrogens with zero attached hydrogens (tertiary/aromatic N) is 2. The first kappa shape index (κ1) is 12.4. The number of carboxylic acid groups (broad SMARTS) is 1. The normalized spacial score (nSPS) is 23.1. The summed E-state index contributed by atoms with van der Waals surface area (Å²) in [5, 5.41) is 17.9. The number of hydrogen-bond acceptors (Lipinski definition) is 3. The van der Waals surface area contributed by atoms with E-state index in [1.54, 1.807) is 4.68 Å². The Labute approximate surface area is 115 Å². The number of carbonyl (C=O) groups is 1. The minimum absolute atomic E-state index is 0.0382. The third-order valence-corrected chi connectivity index (χ3v) is 3.99. The maximum absolute atomic E-state index is 11.0. The molecule has 2 aromatic rings. The molecule has 19 heavy (non-hydrogen) atoms. The molecule has 1 aliphatic rings. The number of benzene rings is 1. The molecule has 2 heterocycles. The van der Waals surface area contributed by atoms with Crippen LogP contribution in [-0.4, -0.2) is 27.4 Å². The average Bonchev–Trinajstić information content (AvgIpc) is 2.96. The highest BCUT2D eigenvalue weighted by Gasteiger charge is 2.31. The molecule has 2 unspecified atom stereocenters. The van der Waals surface area contributed by atoms with Gasteiger partial charge in [0.25, 0.3) is 0 Å². The zero-order chi connectivity index (χ0) is 13.6. The Morgan fingerprint density at radius 3 is 3.05 bits per heavy atom. The molecule has 2 atom stereocenters. The van der Waals surface area contributed by atoms with Crippen LogP contribution in [0.5, 0.6) is 0 Å². The summed E-state index contributed by atoms with van der Waals surface area (Å²) in [4.78, 5) is 11.0. The minimum Gasteiger partial charge on any atom is -0.481 e. The Morgan fingerprint density at radius 1 is 1.58 bits per heavy atom. The van der Waals surface area contributed by atoms with Gasteiger partial charge in [0.05, 0.1) is 11.4 Å². The van der Waals surface area contributed by atoms with Crippen molar-refractivity contribution in [2.45, 2.75) is 12.5 Å². The minimum atomic E-state index is -0.745. The van der Waals surface area contributed by atoms with Crippen LogP contribution in [0.4, 0.5) is 0 Å². The van der Waals surface area contributed by atoms with Crippen LogP contribution in [0.2, 0.25) is 5.15 Å². The number of aliphatic carboxylic acids is 1. The van der Waals surface area contributed by atoms with Crippen LogP contribution in [0.25, 0.3) is 10.9 Å². The molecule has 1 aliphatic heterocycles. The van der Waals surface area contributed by atoms with E-state index in [-0.39, 0.29) is 12.0 Å². The van der Waals surface area contributed by atoms with E-state index in [1.807, 2.05) is 25.2 Å². The molecule has 0 bridgehead atoms. The fraction of sp³-hybridized carbons (Fsp3) is 0.385. The van der Waals surface area contributed by atoms with Gasteiger partial charge in [-0.15, -0.1) is 0 Å². The summed E-state index contributed by atoms with van der Waals surface area (Å²) in [7, 11) is 1.85. The van der Waals surface area contributed by atoms with E-state index in [1.165, 1.54) is 0 Å². The number of rotatable bonds is 2. The van der Waals surface area contributed by atoms with E-state index in [2.05, 4.69) is 10.4 Å². The van der Waals surface area contributed by atoms with Gasteiger partial charge in [-0.05, 0) is 18.1 Å². The summed E-state index contributed by atoms with van der Waals surface area (Å²) in [5.41, 5.74) is 2.03. The first-order chi connectivity index (χ1) is 9.08. The monoisotopic (exact) mass is 279 g/mol. The number of aryl methyl sites for hydroxylation is 1. The van der Waals surface area contributed by atoms with E-state index < -0.39 is 5.97 Å². The van der Waals surface area contributed by atoms with Crippen molar-refractivity contribution in [1.29, 1.82) is 0 Å². The number of nitrogens with one attached hydrogen (secondary N) is 1. The van der Waals surface area contributed by atoms with Crippen LogP contribution in [0, 0.1) is 5.92 Å². The number of fused-ring (bicyclic) bond motifs is 1. The van der Waals surface area contributed by atoms with Crippen LogP contribution in [0.3, 0.4) is 0 Å². The standard InChI is InChI=1S/C13H14ClN3O2/c1-17-11-8(3-2-4-9(11)12(14)16-17)10-5-7(6-15-10)13(18)19/h2-4,7,10,15H,5-6H2,1H3,(H,18,19). The summed E-state index contributed by atoms with van der Waals surface area (Å²) in [6, 6.07) is 5.90. The summed E-state index contributed by atoms with van der Waals surface area (Å²) in [6.45, 7) is 0.502. The molecule has 1 aromatic heterocycles. The fourth-order valence-corrected chi connectivity index (χ4v) is 3.03. The second-order valence-corrected chi connectivity index (χ2v) is 5.25. The largest absolute Gasteiger partial charge is 0.481 e. The molecule has 0 amide bonds. The van der Waals surface area contributed by atoms with Crippen molar-refractivity contribution in [3.8, 4) is 0 Å². The van der Waals surface area contributed by atoms with E-state index in [0.717, 1.165) is 16.5 Å². The number of para-hydroxylation sites is 1.